The van der Waals surface area contributed by atoms with E-state index in [9.17, 15) is 34.9 Å². The Hall–Kier alpha value is -6.50. The third-order valence-electron chi connectivity index (χ3n) is 11.1. The van der Waals surface area contributed by atoms with Crippen molar-refractivity contribution in [2.75, 3.05) is 12.9 Å². The first kappa shape index (κ1) is 41.1. The van der Waals surface area contributed by atoms with Crippen LogP contribution < -0.4 is 15.9 Å². The van der Waals surface area contributed by atoms with Crippen LogP contribution in [0.3, 0.4) is 0 Å². The number of nitrogens with zero attached hydrogens (tertiary/aromatic N) is 3. The molecule has 0 unspecified atom stereocenters. The van der Waals surface area contributed by atoms with Gasteiger partial charge in [-0.1, -0.05) is 6.07 Å². The van der Waals surface area contributed by atoms with Gasteiger partial charge in [-0.25, -0.2) is 0 Å². The van der Waals surface area contributed by atoms with Crippen LogP contribution in [0, 0.1) is 26.1 Å². The fraction of sp³-hybridized carbons (Fsp3) is 0.233. The number of hydrogen-bond acceptors (Lipinski definition) is 11. The molecule has 1 aliphatic rings. The Morgan fingerprint density at radius 2 is 1.14 bits per heavy atom. The van der Waals surface area contributed by atoms with Crippen LogP contribution in [-0.2, 0) is 32.2 Å². The van der Waals surface area contributed by atoms with Gasteiger partial charge in [0.1, 0.15) is 0 Å². The molecule has 0 radical (unpaired) electrons. The fourth-order valence-corrected chi connectivity index (χ4v) is 14.2. The van der Waals surface area contributed by atoms with E-state index in [0.717, 1.165) is 0 Å². The summed E-state index contributed by atoms with van der Waals surface area (Å²) in [6.07, 6.45) is -2.46. The standard InChI is InChI=1S/C43H42N3O11P/c1-31(57-41(49)55-28-32-16-12-14-24-37(32)45(51)52)39-40(48)44(43(39,2)26-27-47)30-58(34-18-6-3-7-19-34,35-20-8-4-9-21-35,36-22-10-5-11-23-36)42(50)56-29-33-17-13-15-25-38(33)46(53)54/h3-25,31,39,47H,26-30H2,1-2H3/t31-,39+,43-/m1/s1. The van der Waals surface area contributed by atoms with Gasteiger partial charge < -0.3 is 0 Å². The first-order valence-electron chi connectivity index (χ1n) is 18.4. The molecule has 14 nitrogen and oxygen atoms in total. The van der Waals surface area contributed by atoms with Crippen LogP contribution in [0.5, 0.6) is 0 Å². The molecule has 300 valence electrons. The van der Waals surface area contributed by atoms with Gasteiger partial charge in [-0.2, -0.15) is 0 Å². The Kier molecular flexibility index (Phi) is 12.0. The zero-order chi connectivity index (χ0) is 41.5. The van der Waals surface area contributed by atoms with E-state index in [1.165, 1.54) is 43.3 Å². The van der Waals surface area contributed by atoms with E-state index in [1.807, 2.05) is 36.4 Å². The molecule has 1 fully saturated rings. The van der Waals surface area contributed by atoms with Crippen molar-refractivity contribution in [1.82, 2.24) is 4.90 Å². The Balaban J connectivity index is 1.44. The topological polar surface area (TPSA) is 189 Å². The monoisotopic (exact) mass is 807 g/mol. The summed E-state index contributed by atoms with van der Waals surface area (Å²) in [6.45, 7) is -2.76. The summed E-state index contributed by atoms with van der Waals surface area (Å²) in [5.74, 6) is -1.48. The number of nitro benzene ring substituents is 2. The molecule has 58 heavy (non-hydrogen) atoms. The van der Waals surface area contributed by atoms with Crippen molar-refractivity contribution in [3.05, 3.63) is 171 Å². The third kappa shape index (κ3) is 7.16. The zero-order valence-corrected chi connectivity index (χ0v) is 32.7. The second-order valence-corrected chi connectivity index (χ2v) is 19.0. The summed E-state index contributed by atoms with van der Waals surface area (Å²) >= 11 is 0. The molecule has 6 rings (SSSR count). The van der Waals surface area contributed by atoms with E-state index in [2.05, 4.69) is 0 Å². The van der Waals surface area contributed by atoms with E-state index >= 15 is 4.79 Å². The minimum absolute atomic E-state index is 0.0263. The second kappa shape index (κ2) is 16.9. The molecule has 3 atom stereocenters. The summed E-state index contributed by atoms with van der Waals surface area (Å²) in [6, 6.07) is 38.8. The quantitative estimate of drug-likeness (QED) is 0.0357. The van der Waals surface area contributed by atoms with Crippen molar-refractivity contribution in [2.24, 2.45) is 5.92 Å². The molecule has 1 N–H and O–H groups in total. The van der Waals surface area contributed by atoms with E-state index in [0.29, 0.717) is 15.9 Å². The van der Waals surface area contributed by atoms with Gasteiger partial charge in [0.05, 0.1) is 0 Å². The fourth-order valence-electron chi connectivity index (χ4n) is 8.16. The van der Waals surface area contributed by atoms with E-state index in [4.69, 9.17) is 14.2 Å². The molecule has 0 saturated carbocycles. The number of β-lactam (4-membered cyclic amide) rings is 1. The van der Waals surface area contributed by atoms with Gasteiger partial charge >= 0.3 is 319 Å². The molecule has 5 aromatic carbocycles. The van der Waals surface area contributed by atoms with Crippen LogP contribution in [0.2, 0.25) is 0 Å². The molecule has 1 heterocycles. The zero-order valence-electron chi connectivity index (χ0n) is 31.8. The van der Waals surface area contributed by atoms with Gasteiger partial charge in [0.15, 0.2) is 0 Å². The summed E-state index contributed by atoms with van der Waals surface area (Å²) in [7, 11) is 0. The normalized spacial score (nSPS) is 17.5. The Morgan fingerprint density at radius 3 is 1.57 bits per heavy atom. The number of ether oxygens (including phenoxy) is 3. The van der Waals surface area contributed by atoms with Gasteiger partial charge in [-0.3, -0.25) is 10.1 Å². The number of likely N-dealkylation sites (tertiary alicyclic amines) is 1. The average molecular weight is 808 g/mol. The van der Waals surface area contributed by atoms with E-state index in [-0.39, 0.29) is 41.8 Å². The Morgan fingerprint density at radius 1 is 0.724 bits per heavy atom. The molecule has 5 aromatic rings. The van der Waals surface area contributed by atoms with Gasteiger partial charge in [-0.15, -0.1) is 0 Å². The van der Waals surface area contributed by atoms with Crippen LogP contribution >= 0.6 is 6.60 Å². The minimum atomic E-state index is -4.77. The number of rotatable bonds is 16. The number of carbonyl (C=O) groups excluding carboxylic acids is 3. The number of aliphatic hydroxyl groups is 1. The molecule has 0 spiro atoms. The first-order valence-corrected chi connectivity index (χ1v) is 20.9. The number of aliphatic hydroxyl groups excluding tert-OH is 1. The van der Waals surface area contributed by atoms with Crippen molar-refractivity contribution in [3.63, 3.8) is 0 Å². The molecule has 15 heteroatoms. The van der Waals surface area contributed by atoms with Crippen molar-refractivity contribution in [2.45, 2.75) is 45.1 Å². The van der Waals surface area contributed by atoms with Crippen molar-refractivity contribution in [3.8, 4) is 0 Å². The van der Waals surface area contributed by atoms with Crippen molar-refractivity contribution in [1.29, 1.82) is 0 Å². The molecule has 0 bridgehead atoms. The number of nitro groups is 2. The van der Waals surface area contributed by atoms with Crippen LogP contribution in [0.4, 0.5) is 21.0 Å². The molecule has 0 aromatic heterocycles. The number of hydrogen-bond donors (Lipinski definition) is 1. The first-order chi connectivity index (χ1) is 27.9. The van der Waals surface area contributed by atoms with Gasteiger partial charge in [0, 0.05) is 0 Å². The molecular weight excluding hydrogens is 765 g/mol. The maximum atomic E-state index is 15.8. The molecule has 1 saturated heterocycles. The summed E-state index contributed by atoms with van der Waals surface area (Å²) in [5, 5.41) is 35.6. The molecular formula is C43H42N3O11P. The maximum absolute atomic E-state index is 15.8. The Labute approximate surface area is 334 Å². The summed E-state index contributed by atoms with van der Waals surface area (Å²) < 4.78 is 17.2. The van der Waals surface area contributed by atoms with Gasteiger partial charge in [0.2, 0.25) is 0 Å². The van der Waals surface area contributed by atoms with Crippen LogP contribution in [0.1, 0.15) is 31.4 Å². The number of benzene rings is 5. The van der Waals surface area contributed by atoms with Gasteiger partial charge in [-0.05, 0) is 0 Å². The molecule has 1 amide bonds. The summed E-state index contributed by atoms with van der Waals surface area (Å²) in [4.78, 5) is 67.4. The van der Waals surface area contributed by atoms with Crippen LogP contribution in [0.15, 0.2) is 140 Å². The number of amides is 1. The predicted molar refractivity (Wildman–Crippen MR) is 218 cm³/mol. The van der Waals surface area contributed by atoms with Crippen LogP contribution in [-0.4, -0.2) is 62.2 Å². The number of para-hydroxylation sites is 2. The summed E-state index contributed by atoms with van der Waals surface area (Å²) in [5.41, 5.74) is -2.03. The van der Waals surface area contributed by atoms with Crippen LogP contribution in [0.25, 0.3) is 0 Å². The Bertz CT molecular complexity index is 2210. The predicted octanol–water partition coefficient (Wildman–Crippen LogP) is 6.97. The SMILES string of the molecule is C[C@@H](OC(=O)OCc1ccccc1[N+](=O)[O-])[C@H]1C(=O)N(CP(C(=O)OCc2ccccc2[N+](=O)[O-])(c2ccccc2)(c2ccccc2)c2ccccc2)[C@]1(C)CCO. The van der Waals surface area contributed by atoms with Crippen molar-refractivity contribution >= 4 is 51.7 Å². The second-order valence-electron chi connectivity index (χ2n) is 14.2. The van der Waals surface area contributed by atoms with E-state index in [1.54, 1.807) is 78.6 Å². The van der Waals surface area contributed by atoms with Gasteiger partial charge in [0.25, 0.3) is 0 Å². The molecule has 1 aliphatic heterocycles. The number of carbonyl (C=O) groups is 3. The third-order valence-corrected chi connectivity index (χ3v) is 17.2. The van der Waals surface area contributed by atoms with Crippen molar-refractivity contribution < 1.29 is 43.5 Å². The van der Waals surface area contributed by atoms with E-state index < -0.39 is 65.0 Å². The average Bonchev–Trinajstić information content (AvgIpc) is 3.24. The molecule has 0 aliphatic carbocycles.